The van der Waals surface area contributed by atoms with Crippen molar-refractivity contribution < 1.29 is 35.5 Å². The number of hydrogen-bond acceptors (Lipinski definition) is 3. The van der Waals surface area contributed by atoms with Gasteiger partial charge >= 0.3 is 6.18 Å². The van der Waals surface area contributed by atoms with E-state index in [-0.39, 0.29) is 5.75 Å². The molecule has 0 spiro atoms. The van der Waals surface area contributed by atoms with E-state index >= 15 is 0 Å². The largest absolute Gasteiger partial charge is 0.484 e. The lowest BCUT2D eigenvalue weighted by Crippen LogP contribution is -2.19. The maximum Gasteiger partial charge on any atom is 0.422 e. The van der Waals surface area contributed by atoms with Crippen molar-refractivity contribution in [3.63, 3.8) is 0 Å². The summed E-state index contributed by atoms with van der Waals surface area (Å²) in [6, 6.07) is 4.31. The molecule has 0 bridgehead atoms. The van der Waals surface area contributed by atoms with Gasteiger partial charge in [0.25, 0.3) is 11.9 Å². The van der Waals surface area contributed by atoms with Gasteiger partial charge in [0.15, 0.2) is 6.61 Å². The number of anilines is 1. The summed E-state index contributed by atoms with van der Waals surface area (Å²) in [5.41, 5.74) is -0.648. The van der Waals surface area contributed by atoms with Crippen LogP contribution in [0.1, 0.15) is 18.5 Å². The second-order valence-electron chi connectivity index (χ2n) is 5.04. The summed E-state index contributed by atoms with van der Waals surface area (Å²) in [4.78, 5) is 2.43. The number of rotatable bonds is 5. The average Bonchev–Trinajstić information content (AvgIpc) is 2.54. The maximum absolute atomic E-state index is 13.6. The number of nitrogens with zero attached hydrogens (tertiary/aromatic N) is 1. The first-order chi connectivity index (χ1) is 11.6. The third-order valence-corrected chi connectivity index (χ3v) is 3.14. The summed E-state index contributed by atoms with van der Waals surface area (Å²) in [5, 5.41) is 2.26. The van der Waals surface area contributed by atoms with Crippen LogP contribution in [0.5, 0.6) is 5.75 Å². The van der Waals surface area contributed by atoms with Gasteiger partial charge in [0.05, 0.1) is 0 Å². The lowest BCUT2D eigenvalue weighted by molar-refractivity contribution is -0.153. The highest BCUT2D eigenvalue weighted by Crippen LogP contribution is 2.27. The van der Waals surface area contributed by atoms with Crippen LogP contribution in [0.3, 0.4) is 0 Å². The van der Waals surface area contributed by atoms with E-state index in [1.165, 1.54) is 31.2 Å². The van der Waals surface area contributed by atoms with Crippen molar-refractivity contribution in [2.45, 2.75) is 19.1 Å². The van der Waals surface area contributed by atoms with Crippen LogP contribution < -0.4 is 10.1 Å². The highest BCUT2D eigenvalue weighted by atomic mass is 19.4. The van der Waals surface area contributed by atoms with Crippen molar-refractivity contribution in [3.8, 4) is 5.75 Å². The Morgan fingerprint density at radius 1 is 1.00 bits per heavy atom. The Morgan fingerprint density at radius 2 is 1.52 bits per heavy atom. The average molecular weight is 368 g/mol. The van der Waals surface area contributed by atoms with Gasteiger partial charge in [-0.1, -0.05) is 12.1 Å². The number of nitrogens with one attached hydrogen (secondary N) is 1. The van der Waals surface area contributed by atoms with Crippen LogP contribution in [0.2, 0.25) is 0 Å². The molecule has 0 saturated heterocycles. The molecular weight excluding hydrogens is 357 g/mol. The molecule has 1 heterocycles. The van der Waals surface area contributed by atoms with Gasteiger partial charge in [-0.05, 0) is 24.6 Å². The Hall–Kier alpha value is -2.52. The summed E-state index contributed by atoms with van der Waals surface area (Å²) in [6.07, 6.45) is -4.49. The first-order valence-corrected chi connectivity index (χ1v) is 6.84. The second kappa shape index (κ2) is 7.16. The summed E-state index contributed by atoms with van der Waals surface area (Å²) >= 11 is 0. The number of alkyl halides is 3. The molecule has 0 radical (unpaired) electrons. The Balaban J connectivity index is 2.13. The minimum Gasteiger partial charge on any atom is -0.484 e. The molecule has 25 heavy (non-hydrogen) atoms. The zero-order valence-corrected chi connectivity index (χ0v) is 12.6. The first kappa shape index (κ1) is 18.8. The fourth-order valence-corrected chi connectivity index (χ4v) is 1.93. The monoisotopic (exact) mass is 368 g/mol. The number of halogens is 7. The van der Waals surface area contributed by atoms with Gasteiger partial charge in [0.2, 0.25) is 11.6 Å². The Kier molecular flexibility index (Phi) is 5.39. The lowest BCUT2D eigenvalue weighted by Gasteiger charge is -2.17. The highest BCUT2D eigenvalue weighted by Gasteiger charge is 2.28. The Morgan fingerprint density at radius 3 is 2.00 bits per heavy atom. The molecule has 0 aliphatic carbocycles. The summed E-state index contributed by atoms with van der Waals surface area (Å²) in [6.45, 7) is -0.0349. The van der Waals surface area contributed by atoms with E-state index in [1.807, 2.05) is 0 Å². The third kappa shape index (κ3) is 4.74. The summed E-state index contributed by atoms with van der Waals surface area (Å²) < 4.78 is 94.0. The van der Waals surface area contributed by atoms with Crippen LogP contribution >= 0.6 is 0 Å². The molecule has 0 fully saturated rings. The molecule has 3 nitrogen and oxygen atoms in total. The molecule has 1 N–H and O–H groups in total. The van der Waals surface area contributed by atoms with Crippen molar-refractivity contribution in [1.29, 1.82) is 0 Å². The summed E-state index contributed by atoms with van der Waals surface area (Å²) in [7, 11) is 0. The fourth-order valence-electron chi connectivity index (χ4n) is 1.93. The number of benzene rings is 1. The van der Waals surface area contributed by atoms with Gasteiger partial charge in [-0.15, -0.1) is 0 Å². The molecule has 2 aromatic rings. The molecule has 136 valence electrons. The van der Waals surface area contributed by atoms with E-state index in [4.69, 9.17) is 0 Å². The van der Waals surface area contributed by atoms with Crippen LogP contribution in [0, 0.1) is 23.5 Å². The van der Waals surface area contributed by atoms with Gasteiger partial charge < -0.3 is 10.1 Å². The molecular formula is C15H11F7N2O. The number of pyridine rings is 1. The van der Waals surface area contributed by atoms with Crippen LogP contribution in [-0.4, -0.2) is 17.8 Å². The topological polar surface area (TPSA) is 34.2 Å². The quantitative estimate of drug-likeness (QED) is 0.611. The minimum absolute atomic E-state index is 0.0633. The zero-order chi connectivity index (χ0) is 18.8. The molecule has 1 unspecified atom stereocenters. The van der Waals surface area contributed by atoms with Crippen LogP contribution in [0.4, 0.5) is 36.4 Å². The second-order valence-corrected chi connectivity index (χ2v) is 5.04. The van der Waals surface area contributed by atoms with Gasteiger partial charge in [0, 0.05) is 6.04 Å². The van der Waals surface area contributed by atoms with Crippen molar-refractivity contribution >= 4 is 5.69 Å². The fraction of sp³-hybridized carbons (Fsp3) is 0.267. The van der Waals surface area contributed by atoms with Crippen LogP contribution in [-0.2, 0) is 0 Å². The van der Waals surface area contributed by atoms with Crippen molar-refractivity contribution in [1.82, 2.24) is 4.98 Å². The normalized spacial score (nSPS) is 12.8. The molecule has 2 rings (SSSR count). The van der Waals surface area contributed by atoms with E-state index in [9.17, 15) is 30.7 Å². The van der Waals surface area contributed by atoms with Gasteiger partial charge in [-0.2, -0.15) is 35.7 Å². The van der Waals surface area contributed by atoms with Gasteiger partial charge in [-0.3, -0.25) is 0 Å². The Labute approximate surface area is 137 Å². The zero-order valence-electron chi connectivity index (χ0n) is 12.6. The SMILES string of the molecule is CC(Nc1c(F)c(F)nc(F)c1F)c1ccc(OCC(F)(F)F)cc1. The molecule has 0 amide bonds. The predicted octanol–water partition coefficient (Wildman–Crippen LogP) is 4.75. The number of aromatic nitrogens is 1. The highest BCUT2D eigenvalue weighted by molar-refractivity contribution is 5.47. The molecule has 1 aromatic heterocycles. The molecule has 1 atom stereocenters. The van der Waals surface area contributed by atoms with E-state index in [2.05, 4.69) is 15.0 Å². The molecule has 0 aliphatic rings. The van der Waals surface area contributed by atoms with E-state index in [0.717, 1.165) is 0 Å². The van der Waals surface area contributed by atoms with E-state index in [1.54, 1.807) is 0 Å². The van der Waals surface area contributed by atoms with Gasteiger partial charge in [0.1, 0.15) is 11.4 Å². The minimum atomic E-state index is -4.49. The maximum atomic E-state index is 13.6. The smallest absolute Gasteiger partial charge is 0.422 e. The first-order valence-electron chi connectivity index (χ1n) is 6.84. The van der Waals surface area contributed by atoms with Crippen molar-refractivity contribution in [2.24, 2.45) is 0 Å². The van der Waals surface area contributed by atoms with E-state index in [0.29, 0.717) is 5.56 Å². The van der Waals surface area contributed by atoms with Crippen LogP contribution in [0.25, 0.3) is 0 Å². The number of ether oxygens (including phenoxy) is 1. The summed E-state index contributed by atoms with van der Waals surface area (Å²) in [5.74, 6) is -7.03. The molecule has 10 heteroatoms. The Bertz CT molecular complexity index is 721. The van der Waals surface area contributed by atoms with Gasteiger partial charge in [-0.25, -0.2) is 0 Å². The molecule has 0 aliphatic heterocycles. The van der Waals surface area contributed by atoms with Crippen molar-refractivity contribution in [2.75, 3.05) is 11.9 Å². The third-order valence-electron chi connectivity index (χ3n) is 3.14. The van der Waals surface area contributed by atoms with E-state index < -0.39 is 48.0 Å². The standard InChI is InChI=1S/C15H11F7N2O/c1-7(23-12-10(16)13(18)24-14(19)11(12)17)8-2-4-9(5-3-8)25-6-15(20,21)22/h2-5,7H,6H2,1H3,(H,23,24). The van der Waals surface area contributed by atoms with Crippen molar-refractivity contribution in [3.05, 3.63) is 53.4 Å². The predicted molar refractivity (Wildman–Crippen MR) is 74.1 cm³/mol. The van der Waals surface area contributed by atoms with Crippen LogP contribution in [0.15, 0.2) is 24.3 Å². The molecule has 0 saturated carbocycles. The molecule has 1 aromatic carbocycles. The lowest BCUT2D eigenvalue weighted by atomic mass is 10.1. The number of hydrogen-bond donors (Lipinski definition) is 1.